The van der Waals surface area contributed by atoms with E-state index in [-0.39, 0.29) is 11.5 Å². The fourth-order valence-corrected chi connectivity index (χ4v) is 2.15. The minimum atomic E-state index is -0.659. The molecule has 2 fully saturated rings. The summed E-state index contributed by atoms with van der Waals surface area (Å²) < 4.78 is 5.86. The van der Waals surface area contributed by atoms with Crippen molar-refractivity contribution in [1.82, 2.24) is 0 Å². The second kappa shape index (κ2) is 4.67. The van der Waals surface area contributed by atoms with Gasteiger partial charge in [-0.1, -0.05) is 20.8 Å². The topological polar surface area (TPSA) is 44.8 Å². The third-order valence-corrected chi connectivity index (χ3v) is 4.17. The van der Waals surface area contributed by atoms with E-state index in [0.717, 1.165) is 6.42 Å². The first-order valence-corrected chi connectivity index (χ1v) is 6.48. The van der Waals surface area contributed by atoms with Crippen LogP contribution in [0.25, 0.3) is 0 Å². The Labute approximate surface area is 103 Å². The average Bonchev–Trinajstić information content (AvgIpc) is 2.34. The zero-order valence-corrected chi connectivity index (χ0v) is 11.0. The lowest BCUT2D eigenvalue weighted by molar-refractivity contribution is -0.499. The summed E-state index contributed by atoms with van der Waals surface area (Å²) in [6.45, 7) is 6.97. The SMILES string of the molecule is CCC(C)(C)C1COC2(CCC(=O)CC2)OO1. The first-order chi connectivity index (χ1) is 7.97. The number of hydrogen-bond donors (Lipinski definition) is 0. The zero-order chi connectivity index (χ0) is 12.5. The Balaban J connectivity index is 1.92. The van der Waals surface area contributed by atoms with Gasteiger partial charge >= 0.3 is 0 Å². The van der Waals surface area contributed by atoms with Crippen molar-refractivity contribution in [1.29, 1.82) is 0 Å². The Morgan fingerprint density at radius 1 is 1.35 bits per heavy atom. The first-order valence-electron chi connectivity index (χ1n) is 6.48. The van der Waals surface area contributed by atoms with Crippen LogP contribution in [0.3, 0.4) is 0 Å². The van der Waals surface area contributed by atoms with Gasteiger partial charge in [-0.25, -0.2) is 9.78 Å². The maximum Gasteiger partial charge on any atom is 0.202 e. The Morgan fingerprint density at radius 2 is 2.00 bits per heavy atom. The Kier molecular flexibility index (Phi) is 3.57. The van der Waals surface area contributed by atoms with Crippen molar-refractivity contribution in [2.75, 3.05) is 6.61 Å². The molecule has 4 heteroatoms. The van der Waals surface area contributed by atoms with Crippen molar-refractivity contribution in [3.8, 4) is 0 Å². The Hall–Kier alpha value is -0.450. The third-order valence-electron chi connectivity index (χ3n) is 4.17. The van der Waals surface area contributed by atoms with Crippen molar-refractivity contribution in [3.05, 3.63) is 0 Å². The predicted octanol–water partition coefficient (Wildman–Crippen LogP) is 2.61. The molecule has 17 heavy (non-hydrogen) atoms. The van der Waals surface area contributed by atoms with Gasteiger partial charge in [-0.05, 0) is 11.8 Å². The fourth-order valence-electron chi connectivity index (χ4n) is 2.15. The molecule has 1 saturated carbocycles. The van der Waals surface area contributed by atoms with Crippen LogP contribution >= 0.6 is 0 Å². The normalized spacial score (nSPS) is 29.6. The van der Waals surface area contributed by atoms with Gasteiger partial charge in [0.25, 0.3) is 0 Å². The summed E-state index contributed by atoms with van der Waals surface area (Å²) in [5.41, 5.74) is 0.0477. The average molecular weight is 242 g/mol. The predicted molar refractivity (Wildman–Crippen MR) is 62.2 cm³/mol. The smallest absolute Gasteiger partial charge is 0.202 e. The summed E-state index contributed by atoms with van der Waals surface area (Å²) in [6, 6.07) is 0. The van der Waals surface area contributed by atoms with Crippen LogP contribution in [-0.2, 0) is 19.3 Å². The van der Waals surface area contributed by atoms with Gasteiger partial charge in [0.2, 0.25) is 5.79 Å². The molecule has 1 heterocycles. The van der Waals surface area contributed by atoms with Crippen LogP contribution in [0.15, 0.2) is 0 Å². The largest absolute Gasteiger partial charge is 0.344 e. The maximum absolute atomic E-state index is 11.2. The molecule has 0 amide bonds. The highest BCUT2D eigenvalue weighted by Crippen LogP contribution is 2.38. The molecule has 1 saturated heterocycles. The highest BCUT2D eigenvalue weighted by molar-refractivity contribution is 5.79. The first kappa shape index (κ1) is 13.0. The van der Waals surface area contributed by atoms with E-state index in [1.165, 1.54) is 0 Å². The van der Waals surface area contributed by atoms with Gasteiger partial charge in [-0.15, -0.1) is 0 Å². The van der Waals surface area contributed by atoms with Crippen LogP contribution in [0, 0.1) is 5.41 Å². The molecular formula is C13H22O4. The number of ketones is 1. The molecule has 0 bridgehead atoms. The number of Topliss-reactive ketones (excluding diaryl/α,β-unsaturated/α-hetero) is 1. The van der Waals surface area contributed by atoms with E-state index in [9.17, 15) is 4.79 Å². The molecule has 0 N–H and O–H groups in total. The lowest BCUT2D eigenvalue weighted by atomic mass is 9.84. The van der Waals surface area contributed by atoms with Gasteiger partial charge in [0, 0.05) is 25.7 Å². The number of rotatable bonds is 2. The number of carbonyl (C=O) groups excluding carboxylic acids is 1. The van der Waals surface area contributed by atoms with Gasteiger partial charge in [0.05, 0.1) is 6.61 Å². The molecule has 1 spiro atoms. The number of ether oxygens (including phenoxy) is 1. The molecule has 1 aliphatic heterocycles. The van der Waals surface area contributed by atoms with Gasteiger partial charge in [0.15, 0.2) is 0 Å². The van der Waals surface area contributed by atoms with Crippen molar-refractivity contribution in [2.24, 2.45) is 5.41 Å². The molecule has 0 radical (unpaired) electrons. The van der Waals surface area contributed by atoms with Gasteiger partial charge in [-0.3, -0.25) is 4.79 Å². The second-order valence-corrected chi connectivity index (χ2v) is 5.77. The lowest BCUT2D eigenvalue weighted by Crippen LogP contribution is -2.51. The molecule has 0 aromatic rings. The van der Waals surface area contributed by atoms with E-state index in [0.29, 0.717) is 38.1 Å². The molecule has 1 unspecified atom stereocenters. The van der Waals surface area contributed by atoms with Crippen molar-refractivity contribution >= 4 is 5.78 Å². The van der Waals surface area contributed by atoms with Gasteiger partial charge in [0.1, 0.15) is 11.9 Å². The summed E-state index contributed by atoms with van der Waals surface area (Å²) in [4.78, 5) is 22.2. The minimum Gasteiger partial charge on any atom is -0.344 e. The molecule has 98 valence electrons. The zero-order valence-electron chi connectivity index (χ0n) is 11.0. The van der Waals surface area contributed by atoms with Gasteiger partial charge < -0.3 is 4.74 Å². The molecule has 0 aromatic heterocycles. The van der Waals surface area contributed by atoms with Crippen LogP contribution in [0.5, 0.6) is 0 Å². The molecule has 2 rings (SSSR count). The highest BCUT2D eigenvalue weighted by atomic mass is 17.2. The summed E-state index contributed by atoms with van der Waals surface area (Å²) in [7, 11) is 0. The Bertz CT molecular complexity index is 278. The van der Waals surface area contributed by atoms with Crippen LogP contribution in [0.2, 0.25) is 0 Å². The quantitative estimate of drug-likeness (QED) is 0.698. The van der Waals surface area contributed by atoms with E-state index in [1.807, 2.05) is 0 Å². The monoisotopic (exact) mass is 242 g/mol. The molecular weight excluding hydrogens is 220 g/mol. The van der Waals surface area contributed by atoms with Crippen molar-refractivity contribution in [3.63, 3.8) is 0 Å². The summed E-state index contributed by atoms with van der Waals surface area (Å²) in [5.74, 6) is -0.368. The summed E-state index contributed by atoms with van der Waals surface area (Å²) in [6.07, 6.45) is 3.28. The molecule has 1 aliphatic carbocycles. The number of hydrogen-bond acceptors (Lipinski definition) is 4. The van der Waals surface area contributed by atoms with Gasteiger partial charge in [-0.2, -0.15) is 0 Å². The van der Waals surface area contributed by atoms with Crippen LogP contribution < -0.4 is 0 Å². The molecule has 1 atom stereocenters. The third kappa shape index (κ3) is 2.69. The minimum absolute atomic E-state index is 0.0317. The number of carbonyl (C=O) groups is 1. The van der Waals surface area contributed by atoms with Crippen LogP contribution in [0.1, 0.15) is 52.9 Å². The highest BCUT2D eigenvalue weighted by Gasteiger charge is 2.45. The Morgan fingerprint density at radius 3 is 2.47 bits per heavy atom. The van der Waals surface area contributed by atoms with Crippen molar-refractivity contribution in [2.45, 2.75) is 64.8 Å². The molecule has 2 aliphatic rings. The standard InChI is InChI=1S/C13H22O4/c1-4-12(2,3)11-9-15-13(17-16-11)7-5-10(14)6-8-13/h11H,4-9H2,1-3H3. The van der Waals surface area contributed by atoms with Crippen LogP contribution in [-0.4, -0.2) is 24.3 Å². The van der Waals surface area contributed by atoms with Crippen molar-refractivity contribution < 1.29 is 19.3 Å². The lowest BCUT2D eigenvalue weighted by Gasteiger charge is -2.44. The maximum atomic E-state index is 11.2. The summed E-state index contributed by atoms with van der Waals surface area (Å²) >= 11 is 0. The molecule has 4 nitrogen and oxygen atoms in total. The molecule has 0 aromatic carbocycles. The van der Waals surface area contributed by atoms with Crippen LogP contribution in [0.4, 0.5) is 0 Å². The van der Waals surface area contributed by atoms with E-state index < -0.39 is 5.79 Å². The summed E-state index contributed by atoms with van der Waals surface area (Å²) in [5, 5.41) is 0. The van der Waals surface area contributed by atoms with E-state index in [2.05, 4.69) is 20.8 Å². The fraction of sp³-hybridized carbons (Fsp3) is 0.923. The van der Waals surface area contributed by atoms with E-state index in [1.54, 1.807) is 0 Å². The second-order valence-electron chi connectivity index (χ2n) is 5.77. The van der Waals surface area contributed by atoms with E-state index >= 15 is 0 Å². The van der Waals surface area contributed by atoms with E-state index in [4.69, 9.17) is 14.5 Å².